The van der Waals surface area contributed by atoms with Gasteiger partial charge in [0.25, 0.3) is 0 Å². The highest BCUT2D eigenvalue weighted by Gasteiger charge is 2.21. The van der Waals surface area contributed by atoms with Crippen molar-refractivity contribution in [3.8, 4) is 0 Å². The van der Waals surface area contributed by atoms with E-state index in [1.165, 1.54) is 7.11 Å². The third-order valence-electron chi connectivity index (χ3n) is 5.95. The molecule has 1 atom stereocenters. The normalized spacial score (nSPS) is 11.3. The Morgan fingerprint density at radius 3 is 1.85 bits per heavy atom. The van der Waals surface area contributed by atoms with Crippen LogP contribution in [0.25, 0.3) is 0 Å². The van der Waals surface area contributed by atoms with Crippen LogP contribution in [0.15, 0.2) is 115 Å². The molecule has 1 N–H and O–H groups in total. The van der Waals surface area contributed by atoms with Crippen LogP contribution in [-0.4, -0.2) is 30.3 Å². The van der Waals surface area contributed by atoms with Crippen LogP contribution in [0.2, 0.25) is 0 Å². The maximum Gasteiger partial charge on any atom is 0.410 e. The average molecular weight is 525 g/mol. The van der Waals surface area contributed by atoms with E-state index in [9.17, 15) is 9.59 Å². The monoisotopic (exact) mass is 524 g/mol. The topological polar surface area (TPSA) is 77.1 Å². The molecule has 0 bridgehead atoms. The SMILES string of the molecule is COC(=O)C(Nc1cccc(CN(Cc2ccccc2)C(=O)OCc2ccccc2)c1)OCc1ccccc1. The number of nitrogens with one attached hydrogen (secondary N) is 1. The molecule has 1 unspecified atom stereocenters. The van der Waals surface area contributed by atoms with Gasteiger partial charge in [-0.05, 0) is 34.4 Å². The lowest BCUT2D eigenvalue weighted by atomic mass is 10.1. The van der Waals surface area contributed by atoms with Crippen molar-refractivity contribution in [1.29, 1.82) is 0 Å². The third-order valence-corrected chi connectivity index (χ3v) is 5.95. The van der Waals surface area contributed by atoms with Crippen LogP contribution < -0.4 is 5.32 Å². The first-order valence-electron chi connectivity index (χ1n) is 12.7. The van der Waals surface area contributed by atoms with E-state index >= 15 is 0 Å². The maximum atomic E-state index is 13.1. The van der Waals surface area contributed by atoms with E-state index in [-0.39, 0.29) is 13.2 Å². The largest absolute Gasteiger partial charge is 0.466 e. The quantitative estimate of drug-likeness (QED) is 0.177. The maximum absolute atomic E-state index is 13.1. The molecule has 0 saturated carbocycles. The lowest BCUT2D eigenvalue weighted by molar-refractivity contribution is -0.152. The molecule has 0 aliphatic heterocycles. The van der Waals surface area contributed by atoms with E-state index in [1.54, 1.807) is 4.90 Å². The van der Waals surface area contributed by atoms with Crippen LogP contribution in [0.5, 0.6) is 0 Å². The van der Waals surface area contributed by atoms with Crippen molar-refractivity contribution in [3.63, 3.8) is 0 Å². The summed E-state index contributed by atoms with van der Waals surface area (Å²) < 4.78 is 16.4. The molecule has 200 valence electrons. The van der Waals surface area contributed by atoms with Crippen LogP contribution >= 0.6 is 0 Å². The first kappa shape index (κ1) is 27.4. The van der Waals surface area contributed by atoms with Gasteiger partial charge in [-0.3, -0.25) is 4.90 Å². The van der Waals surface area contributed by atoms with E-state index in [4.69, 9.17) is 14.2 Å². The number of esters is 1. The van der Waals surface area contributed by atoms with Gasteiger partial charge in [-0.25, -0.2) is 9.59 Å². The average Bonchev–Trinajstić information content (AvgIpc) is 2.99. The lowest BCUT2D eigenvalue weighted by Crippen LogP contribution is -2.33. The first-order valence-corrected chi connectivity index (χ1v) is 12.7. The smallest absolute Gasteiger partial charge is 0.410 e. The molecule has 0 fully saturated rings. The molecule has 0 radical (unpaired) electrons. The Morgan fingerprint density at radius 2 is 1.23 bits per heavy atom. The molecular formula is C32H32N2O5. The van der Waals surface area contributed by atoms with Crippen molar-refractivity contribution in [2.24, 2.45) is 0 Å². The zero-order valence-electron chi connectivity index (χ0n) is 21.9. The number of carbonyl (C=O) groups excluding carboxylic acids is 2. The molecule has 0 saturated heterocycles. The molecule has 0 spiro atoms. The van der Waals surface area contributed by atoms with Crippen molar-refractivity contribution in [2.75, 3.05) is 12.4 Å². The first-order chi connectivity index (χ1) is 19.1. The molecule has 4 aromatic rings. The zero-order valence-corrected chi connectivity index (χ0v) is 21.9. The van der Waals surface area contributed by atoms with Gasteiger partial charge in [0.2, 0.25) is 6.23 Å². The van der Waals surface area contributed by atoms with E-state index in [2.05, 4.69) is 5.32 Å². The summed E-state index contributed by atoms with van der Waals surface area (Å²) in [5, 5.41) is 3.11. The van der Waals surface area contributed by atoms with Gasteiger partial charge in [0.15, 0.2) is 0 Å². The van der Waals surface area contributed by atoms with Crippen LogP contribution in [0.4, 0.5) is 10.5 Å². The third kappa shape index (κ3) is 8.72. The summed E-state index contributed by atoms with van der Waals surface area (Å²) in [7, 11) is 1.32. The molecular weight excluding hydrogens is 492 g/mol. The van der Waals surface area contributed by atoms with Crippen molar-refractivity contribution in [1.82, 2.24) is 4.90 Å². The van der Waals surface area contributed by atoms with Gasteiger partial charge in [-0.2, -0.15) is 0 Å². The van der Waals surface area contributed by atoms with E-state index < -0.39 is 18.3 Å². The number of hydrogen-bond donors (Lipinski definition) is 1. The zero-order chi connectivity index (χ0) is 27.3. The summed E-state index contributed by atoms with van der Waals surface area (Å²) in [6.07, 6.45) is -1.42. The summed E-state index contributed by atoms with van der Waals surface area (Å²) in [4.78, 5) is 27.2. The van der Waals surface area contributed by atoms with Crippen molar-refractivity contribution in [2.45, 2.75) is 32.5 Å². The van der Waals surface area contributed by atoms with Crippen molar-refractivity contribution in [3.05, 3.63) is 138 Å². The van der Waals surface area contributed by atoms with Gasteiger partial charge >= 0.3 is 12.1 Å². The molecule has 7 heteroatoms. The van der Waals surface area contributed by atoms with E-state index in [0.29, 0.717) is 18.8 Å². The van der Waals surface area contributed by atoms with Crippen molar-refractivity contribution >= 4 is 17.7 Å². The highest BCUT2D eigenvalue weighted by Crippen LogP contribution is 2.18. The number of anilines is 1. The lowest BCUT2D eigenvalue weighted by Gasteiger charge is -2.23. The van der Waals surface area contributed by atoms with Gasteiger partial charge in [0, 0.05) is 18.8 Å². The predicted molar refractivity (Wildman–Crippen MR) is 149 cm³/mol. The number of hydrogen-bond acceptors (Lipinski definition) is 6. The standard InChI is InChI=1S/C32H32N2O5/c1-37-31(35)30(38-23-26-14-7-3-8-15-26)33-29-19-11-18-28(20-29)22-34(21-25-12-5-2-6-13-25)32(36)39-24-27-16-9-4-10-17-27/h2-20,30,33H,21-24H2,1H3. The number of ether oxygens (including phenoxy) is 3. The summed E-state index contributed by atoms with van der Waals surface area (Å²) in [6, 6.07) is 36.4. The molecule has 39 heavy (non-hydrogen) atoms. The molecule has 1 amide bonds. The van der Waals surface area contributed by atoms with Gasteiger partial charge in [-0.15, -0.1) is 0 Å². The molecule has 7 nitrogen and oxygen atoms in total. The summed E-state index contributed by atoms with van der Waals surface area (Å²) in [5.74, 6) is -0.536. The molecule has 0 aliphatic carbocycles. The molecule has 0 heterocycles. The highest BCUT2D eigenvalue weighted by molar-refractivity contribution is 5.77. The Labute approximate surface area is 228 Å². The van der Waals surface area contributed by atoms with E-state index in [0.717, 1.165) is 22.3 Å². The minimum Gasteiger partial charge on any atom is -0.466 e. The fraction of sp³-hybridized carbons (Fsp3) is 0.188. The van der Waals surface area contributed by atoms with Crippen LogP contribution in [0.3, 0.4) is 0 Å². The van der Waals surface area contributed by atoms with Crippen LogP contribution in [0, 0.1) is 0 Å². The summed E-state index contributed by atoms with van der Waals surface area (Å²) in [6.45, 7) is 1.13. The number of nitrogens with zero attached hydrogens (tertiary/aromatic N) is 1. The Hall–Kier alpha value is -4.62. The molecule has 4 aromatic carbocycles. The van der Waals surface area contributed by atoms with Crippen LogP contribution in [-0.2, 0) is 45.3 Å². The number of amides is 1. The Bertz CT molecular complexity index is 1320. The van der Waals surface area contributed by atoms with Gasteiger partial charge in [-0.1, -0.05) is 103 Å². The number of rotatable bonds is 12. The van der Waals surface area contributed by atoms with Gasteiger partial charge < -0.3 is 19.5 Å². The summed E-state index contributed by atoms with van der Waals surface area (Å²) in [5.41, 5.74) is 4.37. The fourth-order valence-corrected chi connectivity index (χ4v) is 3.96. The second-order valence-electron chi connectivity index (χ2n) is 8.93. The van der Waals surface area contributed by atoms with Gasteiger partial charge in [0.05, 0.1) is 13.7 Å². The van der Waals surface area contributed by atoms with Crippen LogP contribution in [0.1, 0.15) is 22.3 Å². The Morgan fingerprint density at radius 1 is 0.692 bits per heavy atom. The minimum atomic E-state index is -0.998. The second-order valence-corrected chi connectivity index (χ2v) is 8.93. The Balaban J connectivity index is 1.45. The predicted octanol–water partition coefficient (Wildman–Crippen LogP) is 6.15. The molecule has 4 rings (SSSR count). The van der Waals surface area contributed by atoms with Gasteiger partial charge in [0.1, 0.15) is 6.61 Å². The number of carbonyl (C=O) groups is 2. The van der Waals surface area contributed by atoms with E-state index in [1.807, 2.05) is 115 Å². The molecule has 0 aromatic heterocycles. The number of benzene rings is 4. The molecule has 0 aliphatic rings. The second kappa shape index (κ2) is 14.4. The minimum absolute atomic E-state index is 0.187. The Kier molecular flexibility index (Phi) is 10.1. The fourth-order valence-electron chi connectivity index (χ4n) is 3.96. The number of methoxy groups -OCH3 is 1. The van der Waals surface area contributed by atoms with Crippen molar-refractivity contribution < 1.29 is 23.8 Å². The highest BCUT2D eigenvalue weighted by atomic mass is 16.6. The summed E-state index contributed by atoms with van der Waals surface area (Å²) >= 11 is 0.